The molecule has 14 heteroatoms. The Morgan fingerprint density at radius 1 is 0.945 bits per heavy atom. The molecule has 13 nitrogen and oxygen atoms in total. The van der Waals surface area contributed by atoms with Gasteiger partial charge in [0, 0.05) is 6.61 Å². The van der Waals surface area contributed by atoms with Crippen LogP contribution in [0.25, 0.3) is 5.52 Å². The summed E-state index contributed by atoms with van der Waals surface area (Å²) in [6.07, 6.45) is 21.7. The maximum absolute atomic E-state index is 13.0. The maximum Gasteiger partial charge on any atom is 0.472 e. The van der Waals surface area contributed by atoms with E-state index in [1.807, 2.05) is 24.3 Å². The molecule has 0 aliphatic carbocycles. The summed E-state index contributed by atoms with van der Waals surface area (Å²) in [5.41, 5.74) is 6.61. The molecule has 0 bridgehead atoms. The fourth-order valence-electron chi connectivity index (χ4n) is 6.91. The molecule has 3 heterocycles. The summed E-state index contributed by atoms with van der Waals surface area (Å²) < 4.78 is 48.6. The van der Waals surface area contributed by atoms with Crippen LogP contribution in [-0.4, -0.2) is 65.2 Å². The van der Waals surface area contributed by atoms with Gasteiger partial charge in [-0.2, -0.15) is 10.4 Å². The number of phosphoric ester groups is 1. The first-order chi connectivity index (χ1) is 26.8. The summed E-state index contributed by atoms with van der Waals surface area (Å²) in [6, 6.07) is 13.2. The van der Waals surface area contributed by atoms with Crippen LogP contribution in [-0.2, 0) is 40.0 Å². The monoisotopic (exact) mass is 785 g/mol. The normalized spacial score (nSPS) is 18.7. The summed E-state index contributed by atoms with van der Waals surface area (Å²) >= 11 is 0. The number of fused-ring (bicyclic) bond motifs is 1. The van der Waals surface area contributed by atoms with Crippen molar-refractivity contribution in [3.63, 3.8) is 0 Å². The molecule has 1 unspecified atom stereocenters. The average molecular weight is 786 g/mol. The summed E-state index contributed by atoms with van der Waals surface area (Å²) in [4.78, 5) is 14.6. The van der Waals surface area contributed by atoms with Crippen LogP contribution in [0.1, 0.15) is 134 Å². The Kier molecular flexibility index (Phi) is 19.9. The molecule has 3 aromatic rings. The zero-order valence-electron chi connectivity index (χ0n) is 33.1. The lowest BCUT2D eigenvalue weighted by molar-refractivity contribution is -0.0560. The molecule has 0 spiro atoms. The van der Waals surface area contributed by atoms with Crippen molar-refractivity contribution in [2.45, 2.75) is 147 Å². The van der Waals surface area contributed by atoms with E-state index in [1.54, 1.807) is 19.2 Å². The van der Waals surface area contributed by atoms with Gasteiger partial charge in [0.25, 0.3) is 0 Å². The van der Waals surface area contributed by atoms with Crippen molar-refractivity contribution in [2.24, 2.45) is 0 Å². The van der Waals surface area contributed by atoms with Crippen molar-refractivity contribution in [2.75, 3.05) is 39.3 Å². The molecule has 1 aliphatic rings. The van der Waals surface area contributed by atoms with Crippen molar-refractivity contribution >= 4 is 19.2 Å². The van der Waals surface area contributed by atoms with E-state index in [4.69, 9.17) is 33.7 Å². The van der Waals surface area contributed by atoms with Gasteiger partial charge in [-0.05, 0) is 49.1 Å². The number of ether oxygens (including phenoxy) is 4. The van der Waals surface area contributed by atoms with E-state index in [0.717, 1.165) is 24.2 Å². The highest BCUT2D eigenvalue weighted by atomic mass is 31.2. The van der Waals surface area contributed by atoms with Crippen molar-refractivity contribution in [3.8, 4) is 11.8 Å². The third-order valence-corrected chi connectivity index (χ3v) is 11.2. The lowest BCUT2D eigenvalue weighted by Gasteiger charge is -2.23. The van der Waals surface area contributed by atoms with E-state index in [0.29, 0.717) is 30.7 Å². The molecular formula is C41H64N5O8P. The third kappa shape index (κ3) is 15.4. The number of benzene rings is 1. The standard InChI is InChI=1S/C41H64N5O8P/c1-3-4-5-6-7-8-9-10-11-12-13-14-15-16-17-18-27-50-29-37(51-28-34-19-21-35(49-2)22-20-34)31-53-55(47,48)52-30-36-25-26-41(32-42,54-36)39-24-23-38-40(43)44-33-45-46(38)39/h19-24,33,36-37H,3-18,25-31H2,1-2H3,(H,47,48)(H2,43,44,45)/t36-,37+,41-/m0/s1. The van der Waals surface area contributed by atoms with E-state index in [1.165, 1.54) is 101 Å². The quantitative estimate of drug-likeness (QED) is 0.0485. The first-order valence-corrected chi connectivity index (χ1v) is 21.9. The zero-order valence-corrected chi connectivity index (χ0v) is 34.0. The Bertz CT molecular complexity index is 1600. The van der Waals surface area contributed by atoms with Gasteiger partial charge in [0.2, 0.25) is 0 Å². The Morgan fingerprint density at radius 2 is 1.58 bits per heavy atom. The SMILES string of the molecule is CCCCCCCCCCCCCCCCCCOC[C@H](COP(=O)(O)OC[C@@H]1CC[C@](C#N)(c2ccc3c(N)ncnn23)O1)OCc1ccc(OC)cc1. The van der Waals surface area contributed by atoms with Crippen LogP contribution in [0.15, 0.2) is 42.7 Å². The van der Waals surface area contributed by atoms with E-state index >= 15 is 0 Å². The first-order valence-electron chi connectivity index (χ1n) is 20.4. The first kappa shape index (κ1) is 44.6. The number of nitriles is 1. The fraction of sp³-hybridized carbons (Fsp3) is 0.683. The van der Waals surface area contributed by atoms with E-state index in [2.05, 4.69) is 23.1 Å². The number of aromatic nitrogens is 3. The van der Waals surface area contributed by atoms with Crippen molar-refractivity contribution in [1.29, 1.82) is 5.26 Å². The van der Waals surface area contributed by atoms with Crippen LogP contribution in [0.2, 0.25) is 0 Å². The fourth-order valence-corrected chi connectivity index (χ4v) is 7.69. The molecule has 1 saturated heterocycles. The summed E-state index contributed by atoms with van der Waals surface area (Å²) in [5, 5.41) is 14.4. The Hall–Kier alpha value is -3.08. The smallest absolute Gasteiger partial charge is 0.472 e. The number of methoxy groups -OCH3 is 1. The highest BCUT2D eigenvalue weighted by Crippen LogP contribution is 2.46. The van der Waals surface area contributed by atoms with Gasteiger partial charge in [-0.3, -0.25) is 9.05 Å². The molecule has 2 aromatic heterocycles. The predicted octanol–water partition coefficient (Wildman–Crippen LogP) is 9.22. The van der Waals surface area contributed by atoms with Gasteiger partial charge in [0.15, 0.2) is 11.4 Å². The highest BCUT2D eigenvalue weighted by Gasteiger charge is 2.45. The molecule has 3 N–H and O–H groups in total. The Balaban J connectivity index is 1.13. The minimum Gasteiger partial charge on any atom is -0.497 e. The van der Waals surface area contributed by atoms with Crippen LogP contribution in [0.3, 0.4) is 0 Å². The molecule has 1 aliphatic heterocycles. The van der Waals surface area contributed by atoms with E-state index in [9.17, 15) is 14.7 Å². The molecular weight excluding hydrogens is 721 g/mol. The molecule has 4 atom stereocenters. The molecule has 4 rings (SSSR count). The predicted molar refractivity (Wildman–Crippen MR) is 212 cm³/mol. The second-order valence-electron chi connectivity index (χ2n) is 14.6. The number of rotatable bonds is 30. The molecule has 306 valence electrons. The molecule has 55 heavy (non-hydrogen) atoms. The number of anilines is 1. The van der Waals surface area contributed by atoms with Gasteiger partial charge in [0.05, 0.1) is 45.3 Å². The molecule has 0 radical (unpaired) electrons. The minimum atomic E-state index is -4.50. The van der Waals surface area contributed by atoms with E-state index in [-0.39, 0.29) is 32.2 Å². The van der Waals surface area contributed by atoms with Crippen molar-refractivity contribution in [3.05, 3.63) is 54.0 Å². The maximum atomic E-state index is 13.0. The Morgan fingerprint density at radius 3 is 2.20 bits per heavy atom. The molecule has 0 saturated carbocycles. The van der Waals surface area contributed by atoms with Crippen LogP contribution < -0.4 is 10.5 Å². The van der Waals surface area contributed by atoms with Gasteiger partial charge in [0.1, 0.15) is 29.8 Å². The average Bonchev–Trinajstić information content (AvgIpc) is 3.84. The number of hydrogen-bond donors (Lipinski definition) is 2. The molecule has 1 aromatic carbocycles. The Labute approximate surface area is 327 Å². The van der Waals surface area contributed by atoms with Crippen molar-refractivity contribution < 1.29 is 37.5 Å². The van der Waals surface area contributed by atoms with Gasteiger partial charge in [-0.25, -0.2) is 14.1 Å². The lowest BCUT2D eigenvalue weighted by Crippen LogP contribution is -2.28. The molecule has 0 amide bonds. The largest absolute Gasteiger partial charge is 0.497 e. The van der Waals surface area contributed by atoms with E-state index < -0.39 is 25.6 Å². The number of unbranched alkanes of at least 4 members (excludes halogenated alkanes) is 15. The lowest BCUT2D eigenvalue weighted by atomic mass is 9.98. The number of nitrogens with two attached hydrogens (primary N) is 1. The van der Waals surface area contributed by atoms with Gasteiger partial charge in [-0.15, -0.1) is 0 Å². The highest BCUT2D eigenvalue weighted by molar-refractivity contribution is 7.47. The second kappa shape index (κ2) is 24.5. The van der Waals surface area contributed by atoms with Crippen LogP contribution in [0.4, 0.5) is 5.82 Å². The summed E-state index contributed by atoms with van der Waals surface area (Å²) in [5.74, 6) is 1.02. The van der Waals surface area contributed by atoms with Crippen LogP contribution >= 0.6 is 7.82 Å². The van der Waals surface area contributed by atoms with Gasteiger partial charge >= 0.3 is 7.82 Å². The molecule has 1 fully saturated rings. The number of phosphoric acid groups is 1. The summed E-state index contributed by atoms with van der Waals surface area (Å²) in [6.45, 7) is 2.84. The number of nitrogens with zero attached hydrogens (tertiary/aromatic N) is 4. The zero-order chi connectivity index (χ0) is 39.2. The van der Waals surface area contributed by atoms with Crippen LogP contribution in [0.5, 0.6) is 5.75 Å². The van der Waals surface area contributed by atoms with Gasteiger partial charge in [-0.1, -0.05) is 115 Å². The summed E-state index contributed by atoms with van der Waals surface area (Å²) in [7, 11) is -2.89. The number of hydrogen-bond acceptors (Lipinski definition) is 11. The van der Waals surface area contributed by atoms with Gasteiger partial charge < -0.3 is 29.6 Å². The minimum absolute atomic E-state index is 0.199. The number of nitrogen functional groups attached to an aromatic ring is 1. The topological polar surface area (TPSA) is 173 Å². The second-order valence-corrected chi connectivity index (χ2v) is 16.1. The van der Waals surface area contributed by atoms with Crippen LogP contribution in [0, 0.1) is 11.3 Å². The van der Waals surface area contributed by atoms with Crippen molar-refractivity contribution in [1.82, 2.24) is 14.6 Å². The third-order valence-electron chi connectivity index (χ3n) is 10.2.